The van der Waals surface area contributed by atoms with Gasteiger partial charge in [-0.3, -0.25) is 4.79 Å². The third-order valence-corrected chi connectivity index (χ3v) is 4.80. The van der Waals surface area contributed by atoms with Gasteiger partial charge in [0.1, 0.15) is 0 Å². The molecule has 3 heterocycles. The van der Waals surface area contributed by atoms with Crippen molar-refractivity contribution in [1.82, 2.24) is 15.1 Å². The Labute approximate surface area is 156 Å². The highest BCUT2D eigenvalue weighted by Gasteiger charge is 2.41. The number of piperidine rings is 1. The zero-order valence-corrected chi connectivity index (χ0v) is 14.7. The molecule has 8 nitrogen and oxygen atoms in total. The average molecular weight is 365 g/mol. The second kappa shape index (κ2) is 7.31. The van der Waals surface area contributed by atoms with E-state index in [0.717, 1.165) is 5.69 Å². The summed E-state index contributed by atoms with van der Waals surface area (Å²) in [6, 6.07) is 12.5. The van der Waals surface area contributed by atoms with Gasteiger partial charge in [-0.05, 0) is 36.4 Å². The topological polar surface area (TPSA) is 100 Å². The smallest absolute Gasteiger partial charge is 0.274 e. The molecule has 0 radical (unpaired) electrons. The molecule has 1 aromatic heterocycles. The number of rotatable bonds is 3. The van der Waals surface area contributed by atoms with Crippen LogP contribution in [0.2, 0.25) is 0 Å². The minimum Gasteiger partial charge on any atom is -0.347 e. The second-order valence-electron chi connectivity index (χ2n) is 6.52. The van der Waals surface area contributed by atoms with Crippen molar-refractivity contribution in [2.75, 3.05) is 31.6 Å². The van der Waals surface area contributed by atoms with Crippen LogP contribution in [0, 0.1) is 11.3 Å². The minimum atomic E-state index is -0.503. The Morgan fingerprint density at radius 3 is 2.37 bits per heavy atom. The number of nitriles is 1. The molecule has 1 aromatic carbocycles. The molecule has 2 aromatic rings. The first kappa shape index (κ1) is 17.4. The Morgan fingerprint density at radius 1 is 1.07 bits per heavy atom. The van der Waals surface area contributed by atoms with Gasteiger partial charge in [0.25, 0.3) is 5.91 Å². The van der Waals surface area contributed by atoms with Crippen molar-refractivity contribution >= 4 is 17.4 Å². The molecule has 138 valence electrons. The highest BCUT2D eigenvalue weighted by Crippen LogP contribution is 2.31. The van der Waals surface area contributed by atoms with Gasteiger partial charge < -0.3 is 19.7 Å². The van der Waals surface area contributed by atoms with Gasteiger partial charge in [0.15, 0.2) is 17.3 Å². The van der Waals surface area contributed by atoms with Gasteiger partial charge in [-0.1, -0.05) is 0 Å². The van der Waals surface area contributed by atoms with Crippen molar-refractivity contribution in [2.24, 2.45) is 0 Å². The first-order chi connectivity index (χ1) is 13.2. The van der Waals surface area contributed by atoms with Crippen molar-refractivity contribution in [2.45, 2.75) is 18.6 Å². The van der Waals surface area contributed by atoms with Crippen LogP contribution in [-0.4, -0.2) is 53.1 Å². The molecule has 1 spiro atoms. The van der Waals surface area contributed by atoms with Crippen LogP contribution in [0.4, 0.5) is 11.5 Å². The molecule has 0 aliphatic carbocycles. The van der Waals surface area contributed by atoms with Crippen LogP contribution in [0.25, 0.3) is 0 Å². The molecule has 2 fully saturated rings. The van der Waals surface area contributed by atoms with Crippen molar-refractivity contribution in [3.63, 3.8) is 0 Å². The lowest BCUT2D eigenvalue weighted by Gasteiger charge is -2.37. The molecule has 2 aliphatic heterocycles. The van der Waals surface area contributed by atoms with Crippen molar-refractivity contribution < 1.29 is 14.3 Å². The molecule has 0 unspecified atom stereocenters. The van der Waals surface area contributed by atoms with Gasteiger partial charge in [0, 0.05) is 31.6 Å². The van der Waals surface area contributed by atoms with E-state index in [2.05, 4.69) is 21.6 Å². The van der Waals surface area contributed by atoms with Crippen LogP contribution >= 0.6 is 0 Å². The summed E-state index contributed by atoms with van der Waals surface area (Å²) in [4.78, 5) is 14.4. The predicted octanol–water partition coefficient (Wildman–Crippen LogP) is 2.07. The zero-order valence-electron chi connectivity index (χ0n) is 14.7. The average Bonchev–Trinajstić information content (AvgIpc) is 3.17. The molecular formula is C19H19N5O3. The minimum absolute atomic E-state index is 0.139. The lowest BCUT2D eigenvalue weighted by atomic mass is 10.0. The highest BCUT2D eigenvalue weighted by atomic mass is 16.7. The molecule has 1 N–H and O–H groups in total. The molecule has 2 aliphatic rings. The van der Waals surface area contributed by atoms with Crippen molar-refractivity contribution in [3.05, 3.63) is 47.7 Å². The van der Waals surface area contributed by atoms with Gasteiger partial charge >= 0.3 is 0 Å². The summed E-state index contributed by atoms with van der Waals surface area (Å²) in [5, 5.41) is 20.1. The highest BCUT2D eigenvalue weighted by molar-refractivity contribution is 5.92. The third-order valence-electron chi connectivity index (χ3n) is 4.80. The Kier molecular flexibility index (Phi) is 4.71. The van der Waals surface area contributed by atoms with Crippen LogP contribution in [0.15, 0.2) is 36.4 Å². The molecule has 0 saturated carbocycles. The van der Waals surface area contributed by atoms with Gasteiger partial charge in [-0.25, -0.2) is 0 Å². The zero-order chi connectivity index (χ0) is 18.7. The van der Waals surface area contributed by atoms with Crippen LogP contribution in [-0.2, 0) is 9.47 Å². The number of carbonyl (C=O) groups is 1. The Morgan fingerprint density at radius 2 is 1.78 bits per heavy atom. The number of benzene rings is 1. The number of carbonyl (C=O) groups excluding carboxylic acids is 1. The molecule has 0 atom stereocenters. The maximum atomic E-state index is 12.6. The number of aromatic nitrogens is 2. The first-order valence-corrected chi connectivity index (χ1v) is 8.86. The number of hydrogen-bond acceptors (Lipinski definition) is 7. The van der Waals surface area contributed by atoms with E-state index in [9.17, 15) is 4.79 Å². The van der Waals surface area contributed by atoms with E-state index >= 15 is 0 Å². The van der Waals surface area contributed by atoms with E-state index < -0.39 is 5.79 Å². The van der Waals surface area contributed by atoms with Crippen LogP contribution < -0.4 is 5.32 Å². The van der Waals surface area contributed by atoms with Crippen molar-refractivity contribution in [1.29, 1.82) is 5.26 Å². The molecule has 4 rings (SSSR count). The number of nitrogens with one attached hydrogen (secondary N) is 1. The second-order valence-corrected chi connectivity index (χ2v) is 6.52. The summed E-state index contributed by atoms with van der Waals surface area (Å²) in [6.45, 7) is 2.39. The Balaban J connectivity index is 1.37. The molecule has 8 heteroatoms. The first-order valence-electron chi connectivity index (χ1n) is 8.86. The SMILES string of the molecule is N#Cc1ccc(Nc2ccc(C(=O)N3CCC4(CC3)OCCO4)nn2)cc1. The molecule has 2 saturated heterocycles. The Hall–Kier alpha value is -3.02. The summed E-state index contributed by atoms with van der Waals surface area (Å²) in [7, 11) is 0. The number of anilines is 2. The molecule has 27 heavy (non-hydrogen) atoms. The largest absolute Gasteiger partial charge is 0.347 e. The molecular weight excluding hydrogens is 346 g/mol. The molecule has 0 bridgehead atoms. The van der Waals surface area contributed by atoms with E-state index in [1.54, 1.807) is 41.3 Å². The van der Waals surface area contributed by atoms with Crippen molar-refractivity contribution in [3.8, 4) is 6.07 Å². The molecule has 1 amide bonds. The maximum Gasteiger partial charge on any atom is 0.274 e. The summed E-state index contributed by atoms with van der Waals surface area (Å²) in [6.07, 6.45) is 1.34. The number of hydrogen-bond donors (Lipinski definition) is 1. The fourth-order valence-corrected chi connectivity index (χ4v) is 3.29. The number of nitrogens with zero attached hydrogens (tertiary/aromatic N) is 4. The lowest BCUT2D eigenvalue weighted by Crippen LogP contribution is -2.47. The normalized spacial score (nSPS) is 18.3. The number of likely N-dealkylation sites (tertiary alicyclic amines) is 1. The fourth-order valence-electron chi connectivity index (χ4n) is 3.29. The third kappa shape index (κ3) is 3.74. The maximum absolute atomic E-state index is 12.6. The van der Waals surface area contributed by atoms with Gasteiger partial charge in [0.05, 0.1) is 24.8 Å². The van der Waals surface area contributed by atoms with E-state index in [1.807, 2.05) is 0 Å². The van der Waals surface area contributed by atoms with E-state index in [1.165, 1.54) is 0 Å². The van der Waals surface area contributed by atoms with Gasteiger partial charge in [-0.2, -0.15) is 5.26 Å². The summed E-state index contributed by atoms with van der Waals surface area (Å²) < 4.78 is 11.4. The quantitative estimate of drug-likeness (QED) is 0.888. The summed E-state index contributed by atoms with van der Waals surface area (Å²) in [5.41, 5.74) is 1.69. The van der Waals surface area contributed by atoms with Crippen LogP contribution in [0.5, 0.6) is 0 Å². The van der Waals surface area contributed by atoms with E-state index in [-0.39, 0.29) is 5.91 Å². The number of ether oxygens (including phenoxy) is 2. The summed E-state index contributed by atoms with van der Waals surface area (Å²) >= 11 is 0. The standard InChI is InChI=1S/C19H19N5O3/c20-13-14-1-3-15(4-2-14)21-17-6-5-16(22-23-17)18(25)24-9-7-19(8-10-24)26-11-12-27-19/h1-6H,7-12H2,(H,21,23). The van der Waals surface area contributed by atoms with Gasteiger partial charge in [-0.15, -0.1) is 10.2 Å². The number of amides is 1. The summed E-state index contributed by atoms with van der Waals surface area (Å²) in [5.74, 6) is -0.112. The van der Waals surface area contributed by atoms with Crippen LogP contribution in [0.1, 0.15) is 28.9 Å². The Bertz CT molecular complexity index is 844. The van der Waals surface area contributed by atoms with Crippen LogP contribution in [0.3, 0.4) is 0 Å². The lowest BCUT2D eigenvalue weighted by molar-refractivity contribution is -0.181. The van der Waals surface area contributed by atoms with Gasteiger partial charge in [0.2, 0.25) is 0 Å². The monoisotopic (exact) mass is 365 g/mol. The predicted molar refractivity (Wildman–Crippen MR) is 96.2 cm³/mol. The van der Waals surface area contributed by atoms with E-state index in [4.69, 9.17) is 14.7 Å². The fraction of sp³-hybridized carbons (Fsp3) is 0.368. The van der Waals surface area contributed by atoms with E-state index in [0.29, 0.717) is 56.2 Å².